The van der Waals surface area contributed by atoms with E-state index in [0.717, 1.165) is 25.7 Å². The van der Waals surface area contributed by atoms with Gasteiger partial charge in [-0.05, 0) is 70.2 Å². The molecule has 1 aliphatic carbocycles. The highest BCUT2D eigenvalue weighted by atomic mass is 16.5. The third-order valence-electron chi connectivity index (χ3n) is 9.27. The van der Waals surface area contributed by atoms with Gasteiger partial charge in [0.25, 0.3) is 0 Å². The summed E-state index contributed by atoms with van der Waals surface area (Å²) in [5.41, 5.74) is -1.29. The Bertz CT molecular complexity index is 1060. The minimum atomic E-state index is -1.09. The van der Waals surface area contributed by atoms with E-state index >= 15 is 0 Å². The number of fused-ring (bicyclic) bond motifs is 1. The van der Waals surface area contributed by atoms with E-state index in [1.807, 2.05) is 13.8 Å². The summed E-state index contributed by atoms with van der Waals surface area (Å²) in [6.45, 7) is 5.91. The van der Waals surface area contributed by atoms with Gasteiger partial charge in [-0.1, -0.05) is 26.2 Å². The highest BCUT2D eigenvalue weighted by Crippen LogP contribution is 2.64. The minimum Gasteiger partial charge on any atom is -0.494 e. The van der Waals surface area contributed by atoms with Crippen LogP contribution >= 0.6 is 0 Å². The number of nitrogens with one attached hydrogen (secondary N) is 2. The van der Waals surface area contributed by atoms with Gasteiger partial charge >= 0.3 is 0 Å². The maximum absolute atomic E-state index is 14.1. The fraction of sp³-hybridized carbons (Fsp3) is 0.690. The second-order valence-electron chi connectivity index (χ2n) is 11.4. The standard InChI is InChI=1S/C29H41N3O6/c1-4-28-15-16-29(38-28)23(22(28)25(34)30-20-11-13-21(14-12-20)37-5-2)27(36)32(18(3)17-33)24(29)26(35)31-19-9-7-6-8-10-19/h11-14,18-19,22-24,33H,4-10,15-17H2,1-3H3,(H,30,34)(H,31,35)/t18-,22+,23+,24?,28-,29?/m1/s1. The van der Waals surface area contributed by atoms with E-state index < -0.39 is 35.1 Å². The quantitative estimate of drug-likeness (QED) is 0.455. The zero-order valence-electron chi connectivity index (χ0n) is 22.7. The Kier molecular flexibility index (Phi) is 7.44. The molecule has 208 valence electrons. The summed E-state index contributed by atoms with van der Waals surface area (Å²) in [5, 5.41) is 16.2. The molecule has 4 aliphatic rings. The smallest absolute Gasteiger partial charge is 0.246 e. The Labute approximate surface area is 224 Å². The molecule has 3 saturated heterocycles. The Morgan fingerprint density at radius 3 is 2.47 bits per heavy atom. The number of aliphatic hydroxyl groups is 1. The second kappa shape index (κ2) is 10.5. The number of benzene rings is 1. The van der Waals surface area contributed by atoms with Crippen LogP contribution in [-0.2, 0) is 19.1 Å². The molecule has 3 N–H and O–H groups in total. The van der Waals surface area contributed by atoms with Crippen LogP contribution < -0.4 is 15.4 Å². The van der Waals surface area contributed by atoms with Crippen molar-refractivity contribution in [3.05, 3.63) is 24.3 Å². The van der Waals surface area contributed by atoms with E-state index in [0.29, 0.717) is 37.3 Å². The first-order chi connectivity index (χ1) is 18.3. The average Bonchev–Trinajstić information content (AvgIpc) is 3.53. The van der Waals surface area contributed by atoms with Gasteiger partial charge in [0.05, 0.1) is 36.7 Å². The molecule has 1 aromatic carbocycles. The molecule has 3 heterocycles. The van der Waals surface area contributed by atoms with Crippen LogP contribution in [0.3, 0.4) is 0 Å². The predicted molar refractivity (Wildman–Crippen MR) is 141 cm³/mol. The fourth-order valence-electron chi connectivity index (χ4n) is 7.46. The Morgan fingerprint density at radius 2 is 1.84 bits per heavy atom. The molecular formula is C29H41N3O6. The lowest BCUT2D eigenvalue weighted by Gasteiger charge is -2.37. The summed E-state index contributed by atoms with van der Waals surface area (Å²) in [7, 11) is 0. The van der Waals surface area contributed by atoms with Crippen LogP contribution in [0.1, 0.15) is 72.1 Å². The molecule has 9 nitrogen and oxygen atoms in total. The largest absolute Gasteiger partial charge is 0.494 e. The molecule has 5 rings (SSSR count). The summed E-state index contributed by atoms with van der Waals surface area (Å²) >= 11 is 0. The molecule has 38 heavy (non-hydrogen) atoms. The summed E-state index contributed by atoms with van der Waals surface area (Å²) in [6, 6.07) is 5.78. The highest BCUT2D eigenvalue weighted by molar-refractivity contribution is 6.02. The number of aliphatic hydroxyl groups excluding tert-OH is 1. The van der Waals surface area contributed by atoms with Gasteiger partial charge in [-0.15, -0.1) is 0 Å². The van der Waals surface area contributed by atoms with E-state index in [1.54, 1.807) is 31.2 Å². The number of carbonyl (C=O) groups is 3. The summed E-state index contributed by atoms with van der Waals surface area (Å²) in [6.07, 6.45) is 6.85. The van der Waals surface area contributed by atoms with Crippen LogP contribution in [0.25, 0.3) is 0 Å². The van der Waals surface area contributed by atoms with Crippen molar-refractivity contribution in [1.29, 1.82) is 0 Å². The molecular weight excluding hydrogens is 486 g/mol. The van der Waals surface area contributed by atoms with Gasteiger partial charge < -0.3 is 30.1 Å². The Hall–Kier alpha value is -2.65. The van der Waals surface area contributed by atoms with Crippen molar-refractivity contribution in [3.8, 4) is 5.75 Å². The van der Waals surface area contributed by atoms with E-state index in [1.165, 1.54) is 11.3 Å². The van der Waals surface area contributed by atoms with Gasteiger partial charge in [-0.25, -0.2) is 0 Å². The molecule has 2 unspecified atom stereocenters. The molecule has 9 heteroatoms. The molecule has 4 fully saturated rings. The van der Waals surface area contributed by atoms with E-state index in [2.05, 4.69) is 10.6 Å². The third-order valence-corrected chi connectivity index (χ3v) is 9.27. The monoisotopic (exact) mass is 527 g/mol. The Morgan fingerprint density at radius 1 is 1.13 bits per heavy atom. The number of anilines is 1. The lowest BCUT2D eigenvalue weighted by Crippen LogP contribution is -2.59. The van der Waals surface area contributed by atoms with Gasteiger partial charge in [0.15, 0.2) is 0 Å². The van der Waals surface area contributed by atoms with Crippen molar-refractivity contribution in [2.24, 2.45) is 11.8 Å². The number of likely N-dealkylation sites (tertiary alicyclic amines) is 1. The topological polar surface area (TPSA) is 117 Å². The van der Waals surface area contributed by atoms with Crippen LogP contribution in [0.5, 0.6) is 5.75 Å². The first-order valence-corrected chi connectivity index (χ1v) is 14.3. The normalized spacial score (nSPS) is 33.2. The number of nitrogens with zero attached hydrogens (tertiary/aromatic N) is 1. The van der Waals surface area contributed by atoms with Crippen molar-refractivity contribution < 1.29 is 29.0 Å². The van der Waals surface area contributed by atoms with E-state index in [9.17, 15) is 19.5 Å². The fourth-order valence-corrected chi connectivity index (χ4v) is 7.46. The van der Waals surface area contributed by atoms with Crippen molar-refractivity contribution in [2.45, 2.75) is 101 Å². The van der Waals surface area contributed by atoms with E-state index in [4.69, 9.17) is 9.47 Å². The molecule has 0 radical (unpaired) electrons. The summed E-state index contributed by atoms with van der Waals surface area (Å²) in [5.74, 6) is -1.59. The van der Waals surface area contributed by atoms with Crippen LogP contribution in [0.4, 0.5) is 5.69 Å². The number of ether oxygens (including phenoxy) is 2. The van der Waals surface area contributed by atoms with Gasteiger partial charge in [0, 0.05) is 11.7 Å². The van der Waals surface area contributed by atoms with Gasteiger partial charge in [0.2, 0.25) is 17.7 Å². The molecule has 0 aromatic heterocycles. The first kappa shape index (κ1) is 26.9. The zero-order valence-corrected chi connectivity index (χ0v) is 22.7. The maximum atomic E-state index is 14.1. The zero-order chi connectivity index (χ0) is 27.1. The van der Waals surface area contributed by atoms with Gasteiger partial charge in [-0.2, -0.15) is 0 Å². The molecule has 1 saturated carbocycles. The van der Waals surface area contributed by atoms with Crippen molar-refractivity contribution in [1.82, 2.24) is 10.2 Å². The predicted octanol–water partition coefficient (Wildman–Crippen LogP) is 3.01. The van der Waals surface area contributed by atoms with Crippen LogP contribution in [0.2, 0.25) is 0 Å². The number of rotatable bonds is 9. The third kappa shape index (κ3) is 4.28. The molecule has 6 atom stereocenters. The molecule has 3 aliphatic heterocycles. The number of hydrogen-bond acceptors (Lipinski definition) is 6. The second-order valence-corrected chi connectivity index (χ2v) is 11.4. The Balaban J connectivity index is 1.46. The van der Waals surface area contributed by atoms with Gasteiger partial charge in [-0.3, -0.25) is 14.4 Å². The molecule has 2 bridgehead atoms. The van der Waals surface area contributed by atoms with Crippen LogP contribution in [0.15, 0.2) is 24.3 Å². The average molecular weight is 528 g/mol. The SMILES string of the molecule is CCOc1ccc(NC(=O)[C@@H]2[C@H]3C(=O)N([C@H](C)CO)C(C(=O)NC4CCCCC4)C34CC[C@@]2(CC)O4)cc1. The van der Waals surface area contributed by atoms with Crippen molar-refractivity contribution in [3.63, 3.8) is 0 Å². The minimum absolute atomic E-state index is 0.0746. The lowest BCUT2D eigenvalue weighted by molar-refractivity contribution is -0.150. The van der Waals surface area contributed by atoms with Crippen molar-refractivity contribution >= 4 is 23.4 Å². The summed E-state index contributed by atoms with van der Waals surface area (Å²) in [4.78, 5) is 43.3. The molecule has 1 aromatic rings. The number of amides is 3. The summed E-state index contributed by atoms with van der Waals surface area (Å²) < 4.78 is 12.3. The van der Waals surface area contributed by atoms with Gasteiger partial charge in [0.1, 0.15) is 17.4 Å². The number of carbonyl (C=O) groups excluding carboxylic acids is 3. The van der Waals surface area contributed by atoms with Crippen molar-refractivity contribution in [2.75, 3.05) is 18.5 Å². The van der Waals surface area contributed by atoms with Crippen LogP contribution in [-0.4, -0.2) is 70.3 Å². The molecule has 1 spiro atoms. The maximum Gasteiger partial charge on any atom is 0.246 e. The lowest BCUT2D eigenvalue weighted by atomic mass is 9.65. The van der Waals surface area contributed by atoms with Crippen LogP contribution in [0, 0.1) is 11.8 Å². The highest BCUT2D eigenvalue weighted by Gasteiger charge is 2.79. The molecule has 3 amide bonds. The first-order valence-electron chi connectivity index (χ1n) is 14.3. The number of hydrogen-bond donors (Lipinski definition) is 3. The van der Waals surface area contributed by atoms with E-state index in [-0.39, 0.29) is 30.4 Å².